The molecule has 0 radical (unpaired) electrons. The smallest absolute Gasteiger partial charge is 0.332 e. The van der Waals surface area contributed by atoms with E-state index >= 15 is 0 Å². The highest BCUT2D eigenvalue weighted by Gasteiger charge is 2.12. The van der Waals surface area contributed by atoms with Crippen LogP contribution in [0.15, 0.2) is 18.2 Å². The fourth-order valence-corrected chi connectivity index (χ4v) is 1.60. The van der Waals surface area contributed by atoms with Crippen LogP contribution in [0.5, 0.6) is 17.2 Å². The summed E-state index contributed by atoms with van der Waals surface area (Å²) < 4.78 is 20.4. The summed E-state index contributed by atoms with van der Waals surface area (Å²) in [6, 6.07) is 5.20. The third-order valence-electron chi connectivity index (χ3n) is 2.57. The third-order valence-corrected chi connectivity index (χ3v) is 2.57. The first-order valence-electron chi connectivity index (χ1n) is 6.14. The second kappa shape index (κ2) is 7.80. The van der Waals surface area contributed by atoms with E-state index in [-0.39, 0.29) is 0 Å². The SMILES string of the molecule is COc1cc(/C=C/C(=O)O[C@H](C)C#N)cc(OC)c1OC. The van der Waals surface area contributed by atoms with Gasteiger partial charge in [-0.25, -0.2) is 4.79 Å². The van der Waals surface area contributed by atoms with Crippen LogP contribution < -0.4 is 14.2 Å². The first kappa shape index (κ1) is 16.4. The molecule has 0 fully saturated rings. The zero-order valence-corrected chi connectivity index (χ0v) is 12.4. The molecule has 0 saturated carbocycles. The summed E-state index contributed by atoms with van der Waals surface area (Å²) in [5.74, 6) is 0.834. The van der Waals surface area contributed by atoms with E-state index in [9.17, 15) is 4.79 Å². The molecule has 0 N–H and O–H groups in total. The molecular formula is C15H17NO5. The number of methoxy groups -OCH3 is 3. The lowest BCUT2D eigenvalue weighted by atomic mass is 10.1. The Balaban J connectivity index is 2.99. The molecule has 1 rings (SSSR count). The van der Waals surface area contributed by atoms with Gasteiger partial charge in [0.15, 0.2) is 17.6 Å². The number of benzene rings is 1. The van der Waals surface area contributed by atoms with Gasteiger partial charge in [0.05, 0.1) is 21.3 Å². The van der Waals surface area contributed by atoms with Crippen molar-refractivity contribution in [1.29, 1.82) is 5.26 Å². The van der Waals surface area contributed by atoms with E-state index in [1.165, 1.54) is 40.4 Å². The molecule has 1 aromatic carbocycles. The Morgan fingerprint density at radius 1 is 1.19 bits per heavy atom. The van der Waals surface area contributed by atoms with Gasteiger partial charge in [-0.15, -0.1) is 0 Å². The van der Waals surface area contributed by atoms with Crippen molar-refractivity contribution < 1.29 is 23.7 Å². The average molecular weight is 291 g/mol. The molecule has 0 aliphatic heterocycles. The second-order valence-electron chi connectivity index (χ2n) is 4.00. The van der Waals surface area contributed by atoms with Crippen molar-refractivity contribution in [3.63, 3.8) is 0 Å². The topological polar surface area (TPSA) is 77.8 Å². The molecule has 0 aliphatic carbocycles. The van der Waals surface area contributed by atoms with E-state index in [1.54, 1.807) is 12.1 Å². The molecular weight excluding hydrogens is 274 g/mol. The predicted octanol–water partition coefficient (Wildman–Crippen LogP) is 2.18. The molecule has 0 bridgehead atoms. The molecule has 0 aliphatic rings. The molecule has 1 atom stereocenters. The Morgan fingerprint density at radius 3 is 2.19 bits per heavy atom. The summed E-state index contributed by atoms with van der Waals surface area (Å²) in [7, 11) is 4.53. The Morgan fingerprint density at radius 2 is 1.76 bits per heavy atom. The lowest BCUT2D eigenvalue weighted by molar-refractivity contribution is -0.139. The van der Waals surface area contributed by atoms with Crippen LogP contribution in [-0.2, 0) is 9.53 Å². The summed E-state index contributed by atoms with van der Waals surface area (Å²) >= 11 is 0. The van der Waals surface area contributed by atoms with Crippen molar-refractivity contribution in [2.45, 2.75) is 13.0 Å². The number of nitriles is 1. The van der Waals surface area contributed by atoms with Gasteiger partial charge in [0.2, 0.25) is 5.75 Å². The van der Waals surface area contributed by atoms with Gasteiger partial charge in [-0.3, -0.25) is 0 Å². The minimum Gasteiger partial charge on any atom is -0.493 e. The zero-order valence-electron chi connectivity index (χ0n) is 12.4. The Hall–Kier alpha value is -2.68. The molecule has 6 nitrogen and oxygen atoms in total. The molecule has 0 saturated heterocycles. The van der Waals surface area contributed by atoms with E-state index in [2.05, 4.69) is 0 Å². The van der Waals surface area contributed by atoms with Crippen molar-refractivity contribution in [3.05, 3.63) is 23.8 Å². The van der Waals surface area contributed by atoms with Gasteiger partial charge in [0.25, 0.3) is 0 Å². The Labute approximate surface area is 123 Å². The van der Waals surface area contributed by atoms with Crippen molar-refractivity contribution in [2.75, 3.05) is 21.3 Å². The zero-order chi connectivity index (χ0) is 15.8. The molecule has 112 valence electrons. The molecule has 21 heavy (non-hydrogen) atoms. The summed E-state index contributed by atoms with van der Waals surface area (Å²) in [5.41, 5.74) is 0.672. The molecule has 0 heterocycles. The van der Waals surface area contributed by atoms with Crippen molar-refractivity contribution in [1.82, 2.24) is 0 Å². The van der Waals surface area contributed by atoms with Crippen LogP contribution in [-0.4, -0.2) is 33.4 Å². The maximum atomic E-state index is 11.5. The van der Waals surface area contributed by atoms with Crippen LogP contribution in [0.1, 0.15) is 12.5 Å². The van der Waals surface area contributed by atoms with E-state index in [1.807, 2.05) is 6.07 Å². The summed E-state index contributed by atoms with van der Waals surface area (Å²) in [6.45, 7) is 1.49. The van der Waals surface area contributed by atoms with Gasteiger partial charge in [-0.1, -0.05) is 0 Å². The van der Waals surface area contributed by atoms with Crippen molar-refractivity contribution in [2.24, 2.45) is 0 Å². The molecule has 0 aromatic heterocycles. The van der Waals surface area contributed by atoms with E-state index in [4.69, 9.17) is 24.2 Å². The number of hydrogen-bond acceptors (Lipinski definition) is 6. The number of rotatable bonds is 6. The molecule has 1 aromatic rings. The van der Waals surface area contributed by atoms with Gasteiger partial charge in [0.1, 0.15) is 6.07 Å². The van der Waals surface area contributed by atoms with E-state index in [0.29, 0.717) is 22.8 Å². The fourth-order valence-electron chi connectivity index (χ4n) is 1.60. The van der Waals surface area contributed by atoms with Gasteiger partial charge >= 0.3 is 5.97 Å². The Bertz CT molecular complexity index is 549. The predicted molar refractivity (Wildman–Crippen MR) is 76.3 cm³/mol. The summed E-state index contributed by atoms with van der Waals surface area (Å²) in [6.07, 6.45) is 1.98. The molecule has 0 spiro atoms. The van der Waals surface area contributed by atoms with Gasteiger partial charge in [-0.05, 0) is 30.7 Å². The standard InChI is InChI=1S/C15H17NO5/c1-10(9-16)21-14(17)6-5-11-7-12(18-2)15(20-4)13(8-11)19-3/h5-8,10H,1-4H3/b6-5+/t10-/m1/s1. The maximum Gasteiger partial charge on any atom is 0.332 e. The normalized spacial score (nSPS) is 11.6. The number of ether oxygens (including phenoxy) is 4. The van der Waals surface area contributed by atoms with Crippen LogP contribution in [0.4, 0.5) is 0 Å². The molecule has 0 unspecified atom stereocenters. The maximum absolute atomic E-state index is 11.5. The summed E-state index contributed by atoms with van der Waals surface area (Å²) in [4.78, 5) is 11.5. The van der Waals surface area contributed by atoms with Gasteiger partial charge < -0.3 is 18.9 Å². The van der Waals surface area contributed by atoms with E-state index in [0.717, 1.165) is 0 Å². The van der Waals surface area contributed by atoms with Crippen LogP contribution >= 0.6 is 0 Å². The number of hydrogen-bond donors (Lipinski definition) is 0. The monoisotopic (exact) mass is 291 g/mol. The molecule has 6 heteroatoms. The first-order chi connectivity index (χ1) is 10.0. The van der Waals surface area contributed by atoms with Crippen LogP contribution in [0.25, 0.3) is 6.08 Å². The minimum absolute atomic E-state index is 0.470. The average Bonchev–Trinajstić information content (AvgIpc) is 2.51. The quantitative estimate of drug-likeness (QED) is 0.590. The second-order valence-corrected chi connectivity index (χ2v) is 4.00. The number of nitrogens with zero attached hydrogens (tertiary/aromatic N) is 1. The van der Waals surface area contributed by atoms with Crippen molar-refractivity contribution in [3.8, 4) is 23.3 Å². The van der Waals surface area contributed by atoms with Crippen LogP contribution in [0.2, 0.25) is 0 Å². The third kappa shape index (κ3) is 4.42. The number of esters is 1. The lowest BCUT2D eigenvalue weighted by Gasteiger charge is -2.12. The fraction of sp³-hybridized carbons (Fsp3) is 0.333. The van der Waals surface area contributed by atoms with Gasteiger partial charge in [0, 0.05) is 6.08 Å². The highest BCUT2D eigenvalue weighted by molar-refractivity contribution is 5.87. The van der Waals surface area contributed by atoms with Crippen molar-refractivity contribution >= 4 is 12.0 Å². The Kier molecular flexibility index (Phi) is 6.08. The lowest BCUT2D eigenvalue weighted by Crippen LogP contribution is -2.10. The minimum atomic E-state index is -0.790. The molecule has 0 amide bonds. The number of carbonyl (C=O) groups excluding carboxylic acids is 1. The van der Waals surface area contributed by atoms with Gasteiger partial charge in [-0.2, -0.15) is 5.26 Å². The number of carbonyl (C=O) groups is 1. The summed E-state index contributed by atoms with van der Waals surface area (Å²) in [5, 5.41) is 8.56. The first-order valence-corrected chi connectivity index (χ1v) is 6.14. The highest BCUT2D eigenvalue weighted by atomic mass is 16.5. The van der Waals surface area contributed by atoms with Crippen LogP contribution in [0.3, 0.4) is 0 Å². The van der Waals surface area contributed by atoms with E-state index < -0.39 is 12.1 Å². The largest absolute Gasteiger partial charge is 0.493 e. The van der Waals surface area contributed by atoms with Crippen LogP contribution in [0, 0.1) is 11.3 Å². The highest BCUT2D eigenvalue weighted by Crippen LogP contribution is 2.38.